The van der Waals surface area contributed by atoms with Gasteiger partial charge in [0.2, 0.25) is 0 Å². The van der Waals surface area contributed by atoms with Gasteiger partial charge in [-0.2, -0.15) is 9.99 Å². The van der Waals surface area contributed by atoms with Crippen LogP contribution < -0.4 is 0 Å². The van der Waals surface area contributed by atoms with Crippen molar-refractivity contribution in [3.63, 3.8) is 0 Å². The summed E-state index contributed by atoms with van der Waals surface area (Å²) in [5.41, 5.74) is 3.23. The number of rotatable bonds is 3. The minimum absolute atomic E-state index is 0.305. The summed E-state index contributed by atoms with van der Waals surface area (Å²) in [6.45, 7) is 0. The molecule has 0 bridgehead atoms. The molecule has 2 aromatic carbocycles. The monoisotopic (exact) mass is 356 g/mol. The Kier molecular flexibility index (Phi) is 4.11. The molecule has 0 saturated heterocycles. The van der Waals surface area contributed by atoms with Crippen LogP contribution in [0.25, 0.3) is 34.0 Å². The van der Waals surface area contributed by atoms with E-state index in [1.165, 1.54) is 12.1 Å². The standard InChI is InChI=1S/C21H13FN4O/c22-17-10-8-15(9-11-17)19-20(18-3-1-2-12-24-18)26(27)21(25-19)16-6-4-14(13-23)5-7-16/h1-12,27H. The van der Waals surface area contributed by atoms with E-state index in [2.05, 4.69) is 16.0 Å². The van der Waals surface area contributed by atoms with Gasteiger partial charge in [-0.15, -0.1) is 0 Å². The van der Waals surface area contributed by atoms with E-state index in [4.69, 9.17) is 5.26 Å². The molecule has 4 aromatic rings. The molecule has 0 aliphatic heterocycles. The molecular weight excluding hydrogens is 343 g/mol. The fraction of sp³-hybridized carbons (Fsp3) is 0. The van der Waals surface area contributed by atoms with Gasteiger partial charge in [0.25, 0.3) is 0 Å². The third kappa shape index (κ3) is 3.02. The predicted octanol–water partition coefficient (Wildman–Crippen LogP) is 4.53. The first kappa shape index (κ1) is 16.5. The zero-order valence-electron chi connectivity index (χ0n) is 14.0. The highest BCUT2D eigenvalue weighted by Gasteiger charge is 2.21. The topological polar surface area (TPSA) is 74.7 Å². The van der Waals surface area contributed by atoms with Gasteiger partial charge in [-0.3, -0.25) is 4.98 Å². The van der Waals surface area contributed by atoms with Gasteiger partial charge in [0, 0.05) is 17.3 Å². The van der Waals surface area contributed by atoms with Crippen LogP contribution in [-0.2, 0) is 0 Å². The molecule has 4 rings (SSSR count). The molecule has 0 saturated carbocycles. The number of nitrogens with zero attached hydrogens (tertiary/aromatic N) is 4. The first-order chi connectivity index (χ1) is 13.2. The van der Waals surface area contributed by atoms with Gasteiger partial charge < -0.3 is 5.21 Å². The summed E-state index contributed by atoms with van der Waals surface area (Å²) in [5.74, 6) is -0.0478. The van der Waals surface area contributed by atoms with Crippen LogP contribution in [0.2, 0.25) is 0 Å². The summed E-state index contributed by atoms with van der Waals surface area (Å²) in [5, 5.41) is 19.8. The fourth-order valence-corrected chi connectivity index (χ4v) is 2.83. The van der Waals surface area contributed by atoms with E-state index in [1.54, 1.807) is 54.7 Å². The lowest BCUT2D eigenvalue weighted by Gasteiger charge is -2.05. The van der Waals surface area contributed by atoms with Crippen molar-refractivity contribution in [3.05, 3.63) is 84.3 Å². The van der Waals surface area contributed by atoms with Gasteiger partial charge in [-0.1, -0.05) is 6.07 Å². The summed E-state index contributed by atoms with van der Waals surface area (Å²) in [6, 6.07) is 20.0. The van der Waals surface area contributed by atoms with Crippen molar-refractivity contribution in [2.24, 2.45) is 0 Å². The Balaban J connectivity index is 1.94. The van der Waals surface area contributed by atoms with Crippen molar-refractivity contribution in [3.8, 4) is 40.1 Å². The van der Waals surface area contributed by atoms with E-state index in [0.29, 0.717) is 39.6 Å². The van der Waals surface area contributed by atoms with Gasteiger partial charge in [-0.05, 0) is 60.7 Å². The molecule has 0 aliphatic rings. The SMILES string of the molecule is N#Cc1ccc(-c2nc(-c3ccc(F)cc3)c(-c3ccccn3)n2O)cc1. The number of aromatic nitrogens is 3. The van der Waals surface area contributed by atoms with Crippen molar-refractivity contribution in [2.75, 3.05) is 0 Å². The Morgan fingerprint density at radius 3 is 2.26 bits per heavy atom. The maximum Gasteiger partial charge on any atom is 0.176 e. The maximum atomic E-state index is 13.3. The van der Waals surface area contributed by atoms with Gasteiger partial charge in [0.15, 0.2) is 5.82 Å². The quantitative estimate of drug-likeness (QED) is 0.547. The Morgan fingerprint density at radius 2 is 1.63 bits per heavy atom. The number of hydrogen-bond acceptors (Lipinski definition) is 4. The smallest absolute Gasteiger partial charge is 0.176 e. The molecule has 1 N–H and O–H groups in total. The normalized spacial score (nSPS) is 10.5. The number of nitriles is 1. The van der Waals surface area contributed by atoms with Crippen molar-refractivity contribution in [1.82, 2.24) is 14.7 Å². The van der Waals surface area contributed by atoms with Gasteiger partial charge in [0.1, 0.15) is 17.2 Å². The van der Waals surface area contributed by atoms with E-state index >= 15 is 0 Å². The molecule has 0 radical (unpaired) electrons. The first-order valence-corrected chi connectivity index (χ1v) is 8.17. The highest BCUT2D eigenvalue weighted by molar-refractivity contribution is 5.80. The molecule has 0 fully saturated rings. The van der Waals surface area contributed by atoms with E-state index in [1.807, 2.05) is 6.07 Å². The lowest BCUT2D eigenvalue weighted by atomic mass is 10.1. The van der Waals surface area contributed by atoms with Crippen LogP contribution in [-0.4, -0.2) is 19.9 Å². The average molecular weight is 356 g/mol. The summed E-state index contributed by atoms with van der Waals surface area (Å²) in [7, 11) is 0. The summed E-state index contributed by atoms with van der Waals surface area (Å²) in [4.78, 5) is 8.89. The van der Waals surface area contributed by atoms with E-state index < -0.39 is 0 Å². The molecule has 0 unspecified atom stereocenters. The molecule has 0 atom stereocenters. The number of benzene rings is 2. The number of pyridine rings is 1. The third-order valence-electron chi connectivity index (χ3n) is 4.15. The molecule has 6 heteroatoms. The van der Waals surface area contributed by atoms with Crippen molar-refractivity contribution < 1.29 is 9.60 Å². The maximum absolute atomic E-state index is 13.3. The van der Waals surface area contributed by atoms with Gasteiger partial charge >= 0.3 is 0 Å². The zero-order chi connectivity index (χ0) is 18.8. The lowest BCUT2D eigenvalue weighted by Crippen LogP contribution is -1.98. The number of hydrogen-bond donors (Lipinski definition) is 1. The second-order valence-corrected chi connectivity index (χ2v) is 5.86. The van der Waals surface area contributed by atoms with Crippen LogP contribution in [0.15, 0.2) is 72.9 Å². The zero-order valence-corrected chi connectivity index (χ0v) is 14.0. The van der Waals surface area contributed by atoms with E-state index in [9.17, 15) is 9.60 Å². The minimum atomic E-state index is -0.353. The Bertz CT molecular complexity index is 1130. The first-order valence-electron chi connectivity index (χ1n) is 8.17. The number of imidazole rings is 1. The van der Waals surface area contributed by atoms with Crippen LogP contribution in [0, 0.1) is 17.1 Å². The predicted molar refractivity (Wildman–Crippen MR) is 98.2 cm³/mol. The van der Waals surface area contributed by atoms with Gasteiger partial charge in [0.05, 0.1) is 17.3 Å². The van der Waals surface area contributed by atoms with E-state index in [-0.39, 0.29) is 5.82 Å². The van der Waals surface area contributed by atoms with Crippen LogP contribution in [0.5, 0.6) is 0 Å². The third-order valence-corrected chi connectivity index (χ3v) is 4.15. The fourth-order valence-electron chi connectivity index (χ4n) is 2.83. The second-order valence-electron chi connectivity index (χ2n) is 5.86. The number of halogens is 1. The van der Waals surface area contributed by atoms with Crippen LogP contribution >= 0.6 is 0 Å². The molecule has 130 valence electrons. The van der Waals surface area contributed by atoms with Gasteiger partial charge in [-0.25, -0.2) is 9.37 Å². The lowest BCUT2D eigenvalue weighted by molar-refractivity contribution is 0.195. The second kappa shape index (κ2) is 6.73. The highest BCUT2D eigenvalue weighted by Crippen LogP contribution is 2.34. The molecule has 5 nitrogen and oxygen atoms in total. The Morgan fingerprint density at radius 1 is 0.926 bits per heavy atom. The van der Waals surface area contributed by atoms with Crippen molar-refractivity contribution >= 4 is 0 Å². The van der Waals surface area contributed by atoms with Crippen LogP contribution in [0.1, 0.15) is 5.56 Å². The Hall–Kier alpha value is -3.98. The molecular formula is C21H13FN4O. The summed E-state index contributed by atoms with van der Waals surface area (Å²) >= 11 is 0. The molecule has 2 heterocycles. The molecule has 0 spiro atoms. The average Bonchev–Trinajstić information content (AvgIpc) is 3.06. The van der Waals surface area contributed by atoms with Crippen LogP contribution in [0.3, 0.4) is 0 Å². The largest absolute Gasteiger partial charge is 0.426 e. The highest BCUT2D eigenvalue weighted by atomic mass is 19.1. The van der Waals surface area contributed by atoms with Crippen LogP contribution in [0.4, 0.5) is 4.39 Å². The Labute approximate surface area is 154 Å². The van der Waals surface area contributed by atoms with Crippen molar-refractivity contribution in [2.45, 2.75) is 0 Å². The van der Waals surface area contributed by atoms with Crippen molar-refractivity contribution in [1.29, 1.82) is 5.26 Å². The summed E-state index contributed by atoms with van der Waals surface area (Å²) < 4.78 is 14.3. The molecule has 0 amide bonds. The minimum Gasteiger partial charge on any atom is -0.426 e. The van der Waals surface area contributed by atoms with E-state index in [0.717, 1.165) is 4.73 Å². The summed E-state index contributed by atoms with van der Waals surface area (Å²) in [6.07, 6.45) is 1.62. The molecule has 2 aromatic heterocycles. The molecule has 27 heavy (non-hydrogen) atoms. The molecule has 0 aliphatic carbocycles.